The Labute approximate surface area is 170 Å². The van der Waals surface area contributed by atoms with Crippen LogP contribution in [0.25, 0.3) is 0 Å². The topological polar surface area (TPSA) is 67.3 Å². The van der Waals surface area contributed by atoms with Crippen LogP contribution < -0.4 is 15.0 Å². The van der Waals surface area contributed by atoms with Crippen LogP contribution in [0.5, 0.6) is 5.75 Å². The highest BCUT2D eigenvalue weighted by molar-refractivity contribution is 6.03. The van der Waals surface area contributed by atoms with E-state index in [4.69, 9.17) is 4.74 Å². The van der Waals surface area contributed by atoms with Crippen molar-refractivity contribution in [3.63, 3.8) is 0 Å². The Hall–Kier alpha value is -3.41. The number of nitrogens with one attached hydrogen (secondary N) is 1. The van der Waals surface area contributed by atoms with Crippen molar-refractivity contribution < 1.29 is 9.53 Å². The third-order valence-electron chi connectivity index (χ3n) is 4.82. The Morgan fingerprint density at radius 2 is 1.86 bits per heavy atom. The number of anilines is 3. The molecule has 4 rings (SSSR count). The average molecular weight is 388 g/mol. The lowest BCUT2D eigenvalue weighted by Crippen LogP contribution is -2.25. The van der Waals surface area contributed by atoms with Crippen molar-refractivity contribution in [1.29, 1.82) is 0 Å². The first-order valence-electron chi connectivity index (χ1n) is 9.79. The van der Waals surface area contributed by atoms with Gasteiger partial charge in [0, 0.05) is 11.7 Å². The maximum atomic E-state index is 12.7. The van der Waals surface area contributed by atoms with Gasteiger partial charge in [-0.05, 0) is 51.0 Å². The molecule has 2 heterocycles. The van der Waals surface area contributed by atoms with Crippen LogP contribution in [0, 0.1) is 0 Å². The zero-order chi connectivity index (χ0) is 20.4. The van der Waals surface area contributed by atoms with E-state index in [1.165, 1.54) is 11.8 Å². The number of nitrogens with zero attached hydrogens (tertiary/aromatic N) is 3. The molecule has 6 heteroatoms. The molecule has 3 aromatic rings. The Balaban J connectivity index is 1.53. The van der Waals surface area contributed by atoms with Gasteiger partial charge in [-0.3, -0.25) is 4.79 Å². The molecule has 1 amide bonds. The van der Waals surface area contributed by atoms with Crippen molar-refractivity contribution in [3.05, 3.63) is 72.2 Å². The largest absolute Gasteiger partial charge is 0.489 e. The number of benzene rings is 2. The molecular weight excluding hydrogens is 364 g/mol. The molecule has 2 aromatic carbocycles. The van der Waals surface area contributed by atoms with E-state index in [1.54, 1.807) is 12.3 Å². The molecule has 0 bridgehead atoms. The van der Waals surface area contributed by atoms with Crippen LogP contribution >= 0.6 is 0 Å². The number of hydrogen-bond donors (Lipinski definition) is 1. The molecular formula is C23H24N4O2. The van der Waals surface area contributed by atoms with Crippen LogP contribution in [0.3, 0.4) is 0 Å². The van der Waals surface area contributed by atoms with Crippen LogP contribution in [0.1, 0.15) is 36.8 Å². The second-order valence-corrected chi connectivity index (χ2v) is 7.43. The molecule has 1 aliphatic heterocycles. The number of carbonyl (C=O) groups excluding carboxylic acids is 1. The third-order valence-corrected chi connectivity index (χ3v) is 4.82. The molecule has 29 heavy (non-hydrogen) atoms. The smallest absolute Gasteiger partial charge is 0.275 e. The molecule has 1 atom stereocenters. The van der Waals surface area contributed by atoms with Crippen LogP contribution in [0.15, 0.2) is 60.9 Å². The molecule has 1 N–H and O–H groups in total. The summed E-state index contributed by atoms with van der Waals surface area (Å²) < 4.78 is 5.76. The lowest BCUT2D eigenvalue weighted by molar-refractivity contribution is 0.102. The third kappa shape index (κ3) is 3.92. The molecule has 0 saturated carbocycles. The molecule has 0 fully saturated rings. The zero-order valence-electron chi connectivity index (χ0n) is 16.8. The number of ether oxygens (including phenoxy) is 1. The second kappa shape index (κ2) is 7.91. The molecule has 1 aliphatic rings. The SMILES string of the molecule is CC(C)Oc1ccccc1NC(=O)c1cnc(N2c3ccccc3CC2C)cn1. The number of para-hydroxylation sites is 3. The van der Waals surface area contributed by atoms with Gasteiger partial charge in [0.1, 0.15) is 11.4 Å². The number of fused-ring (bicyclic) bond motifs is 1. The molecule has 1 aromatic heterocycles. The minimum Gasteiger partial charge on any atom is -0.489 e. The van der Waals surface area contributed by atoms with Gasteiger partial charge in [0.2, 0.25) is 0 Å². The van der Waals surface area contributed by atoms with Crippen LogP contribution in [-0.4, -0.2) is 28.0 Å². The van der Waals surface area contributed by atoms with Crippen molar-refractivity contribution in [2.75, 3.05) is 10.2 Å². The fourth-order valence-corrected chi connectivity index (χ4v) is 3.59. The van der Waals surface area contributed by atoms with Crippen molar-refractivity contribution in [2.24, 2.45) is 0 Å². The summed E-state index contributed by atoms with van der Waals surface area (Å²) in [4.78, 5) is 23.7. The maximum Gasteiger partial charge on any atom is 0.275 e. The Morgan fingerprint density at radius 1 is 1.10 bits per heavy atom. The van der Waals surface area contributed by atoms with E-state index in [-0.39, 0.29) is 17.7 Å². The standard InChI is InChI=1S/C23H24N4O2/c1-15(2)29-21-11-7-5-9-18(21)26-23(28)19-13-25-22(14-24-19)27-16(3)12-17-8-4-6-10-20(17)27/h4-11,13-16H,12H2,1-3H3,(H,26,28). The van der Waals surface area contributed by atoms with E-state index in [0.29, 0.717) is 17.5 Å². The van der Waals surface area contributed by atoms with Crippen molar-refractivity contribution in [2.45, 2.75) is 39.3 Å². The normalized spacial score (nSPS) is 15.3. The predicted molar refractivity (Wildman–Crippen MR) is 114 cm³/mol. The molecule has 0 saturated heterocycles. The number of aromatic nitrogens is 2. The lowest BCUT2D eigenvalue weighted by Gasteiger charge is -2.23. The summed E-state index contributed by atoms with van der Waals surface area (Å²) in [6.45, 7) is 6.05. The van der Waals surface area contributed by atoms with E-state index in [2.05, 4.69) is 45.3 Å². The van der Waals surface area contributed by atoms with Crippen molar-refractivity contribution in [1.82, 2.24) is 9.97 Å². The highest BCUT2D eigenvalue weighted by Gasteiger charge is 2.28. The Bertz CT molecular complexity index is 1020. The van der Waals surface area contributed by atoms with Crippen LogP contribution in [-0.2, 0) is 6.42 Å². The maximum absolute atomic E-state index is 12.7. The van der Waals surface area contributed by atoms with Gasteiger partial charge < -0.3 is 15.0 Å². The summed E-state index contributed by atoms with van der Waals surface area (Å²) in [5.74, 6) is 1.05. The summed E-state index contributed by atoms with van der Waals surface area (Å²) in [6, 6.07) is 16.0. The van der Waals surface area contributed by atoms with Gasteiger partial charge in [-0.2, -0.15) is 0 Å². The van der Waals surface area contributed by atoms with Gasteiger partial charge in [-0.1, -0.05) is 30.3 Å². The molecule has 6 nitrogen and oxygen atoms in total. The summed E-state index contributed by atoms with van der Waals surface area (Å²) in [5.41, 5.74) is 3.31. The number of hydrogen-bond acceptors (Lipinski definition) is 5. The summed E-state index contributed by atoms with van der Waals surface area (Å²) >= 11 is 0. The Kier molecular flexibility index (Phi) is 5.16. The summed E-state index contributed by atoms with van der Waals surface area (Å²) in [5, 5.41) is 2.87. The van der Waals surface area contributed by atoms with E-state index in [9.17, 15) is 4.79 Å². The molecule has 148 valence electrons. The average Bonchev–Trinajstić information content (AvgIpc) is 3.05. The lowest BCUT2D eigenvalue weighted by atomic mass is 10.1. The monoisotopic (exact) mass is 388 g/mol. The summed E-state index contributed by atoms with van der Waals surface area (Å²) in [7, 11) is 0. The molecule has 1 unspecified atom stereocenters. The van der Waals surface area contributed by atoms with Gasteiger partial charge in [-0.25, -0.2) is 9.97 Å². The van der Waals surface area contributed by atoms with Crippen LogP contribution in [0.4, 0.5) is 17.2 Å². The second-order valence-electron chi connectivity index (χ2n) is 7.43. The molecule has 0 spiro atoms. The van der Waals surface area contributed by atoms with Crippen molar-refractivity contribution in [3.8, 4) is 5.75 Å². The first kappa shape index (κ1) is 18.9. The van der Waals surface area contributed by atoms with Gasteiger partial charge >= 0.3 is 0 Å². The molecule has 0 aliphatic carbocycles. The fraction of sp³-hybridized carbons (Fsp3) is 0.261. The van der Waals surface area contributed by atoms with Crippen molar-refractivity contribution >= 4 is 23.1 Å². The number of carbonyl (C=O) groups is 1. The van der Waals surface area contributed by atoms with Gasteiger partial charge in [0.25, 0.3) is 5.91 Å². The van der Waals surface area contributed by atoms with E-state index in [1.807, 2.05) is 38.1 Å². The summed E-state index contributed by atoms with van der Waals surface area (Å²) in [6.07, 6.45) is 4.15. The minimum absolute atomic E-state index is 0.0115. The van der Waals surface area contributed by atoms with E-state index >= 15 is 0 Å². The predicted octanol–water partition coefficient (Wildman–Crippen LogP) is 4.60. The first-order chi connectivity index (χ1) is 14.0. The highest BCUT2D eigenvalue weighted by atomic mass is 16.5. The number of rotatable bonds is 5. The highest BCUT2D eigenvalue weighted by Crippen LogP contribution is 2.36. The zero-order valence-corrected chi connectivity index (χ0v) is 16.8. The van der Waals surface area contributed by atoms with Crippen LogP contribution in [0.2, 0.25) is 0 Å². The quantitative estimate of drug-likeness (QED) is 0.692. The first-order valence-corrected chi connectivity index (χ1v) is 9.79. The fourth-order valence-electron chi connectivity index (χ4n) is 3.59. The minimum atomic E-state index is -0.321. The van der Waals surface area contributed by atoms with E-state index < -0.39 is 0 Å². The number of amides is 1. The van der Waals surface area contributed by atoms with Gasteiger partial charge in [0.15, 0.2) is 5.82 Å². The Morgan fingerprint density at radius 3 is 2.62 bits per heavy atom. The van der Waals surface area contributed by atoms with Gasteiger partial charge in [0.05, 0.1) is 24.2 Å². The van der Waals surface area contributed by atoms with E-state index in [0.717, 1.165) is 17.9 Å². The molecule has 0 radical (unpaired) electrons. The van der Waals surface area contributed by atoms with Gasteiger partial charge in [-0.15, -0.1) is 0 Å².